The first-order valence-electron chi connectivity index (χ1n) is 10.6. The van der Waals surface area contributed by atoms with Crippen LogP contribution in [0.3, 0.4) is 0 Å². The molecule has 0 saturated carbocycles. The molecule has 0 aromatic heterocycles. The van der Waals surface area contributed by atoms with Crippen molar-refractivity contribution in [2.75, 3.05) is 18.9 Å². The summed E-state index contributed by atoms with van der Waals surface area (Å²) in [6, 6.07) is 5.22. The first-order chi connectivity index (χ1) is 14.7. The fraction of sp³-hybridized carbons (Fsp3) is 0.609. The van der Waals surface area contributed by atoms with Crippen molar-refractivity contribution in [1.29, 1.82) is 0 Å². The SMILES string of the molecule is Cc1cccc(C(C(=O)NC(C)(C)C)N(CCO)C(=O)C(CS)NC(=O)OC(C)(C)C)c1. The van der Waals surface area contributed by atoms with E-state index in [-0.39, 0.29) is 24.8 Å². The van der Waals surface area contributed by atoms with Crippen LogP contribution in [-0.2, 0) is 14.3 Å². The van der Waals surface area contributed by atoms with Gasteiger partial charge in [0, 0.05) is 17.8 Å². The van der Waals surface area contributed by atoms with Gasteiger partial charge < -0.3 is 25.4 Å². The number of hydrogen-bond acceptors (Lipinski definition) is 6. The first-order valence-corrected chi connectivity index (χ1v) is 11.2. The van der Waals surface area contributed by atoms with E-state index in [4.69, 9.17) is 4.74 Å². The number of carbonyl (C=O) groups is 3. The van der Waals surface area contributed by atoms with Crippen molar-refractivity contribution in [3.8, 4) is 0 Å². The lowest BCUT2D eigenvalue weighted by molar-refractivity contribution is -0.143. The van der Waals surface area contributed by atoms with Crippen molar-refractivity contribution in [3.63, 3.8) is 0 Å². The Labute approximate surface area is 196 Å². The third-order valence-corrected chi connectivity index (χ3v) is 4.58. The molecule has 0 aliphatic rings. The number of ether oxygens (including phenoxy) is 1. The molecule has 0 bridgehead atoms. The zero-order valence-electron chi connectivity index (χ0n) is 20.1. The lowest BCUT2D eigenvalue weighted by atomic mass is 9.99. The van der Waals surface area contributed by atoms with E-state index in [0.29, 0.717) is 5.56 Å². The number of benzene rings is 1. The quantitative estimate of drug-likeness (QED) is 0.440. The van der Waals surface area contributed by atoms with E-state index in [2.05, 4.69) is 23.3 Å². The summed E-state index contributed by atoms with van der Waals surface area (Å²) in [5.41, 5.74) is 0.245. The predicted octanol–water partition coefficient (Wildman–Crippen LogP) is 2.59. The van der Waals surface area contributed by atoms with Gasteiger partial charge in [-0.15, -0.1) is 0 Å². The normalized spacial score (nSPS) is 13.7. The molecule has 180 valence electrons. The van der Waals surface area contributed by atoms with Gasteiger partial charge in [-0.1, -0.05) is 29.8 Å². The third-order valence-electron chi connectivity index (χ3n) is 4.21. The van der Waals surface area contributed by atoms with Crippen molar-refractivity contribution in [3.05, 3.63) is 35.4 Å². The Balaban J connectivity index is 3.34. The second kappa shape index (κ2) is 11.6. The van der Waals surface area contributed by atoms with E-state index in [1.165, 1.54) is 4.90 Å². The summed E-state index contributed by atoms with van der Waals surface area (Å²) < 4.78 is 5.25. The van der Waals surface area contributed by atoms with Crippen LogP contribution in [-0.4, -0.2) is 64.0 Å². The molecule has 0 radical (unpaired) electrons. The highest BCUT2D eigenvalue weighted by Crippen LogP contribution is 2.24. The van der Waals surface area contributed by atoms with Gasteiger partial charge in [-0.05, 0) is 54.0 Å². The minimum atomic E-state index is -1.05. The average molecular weight is 468 g/mol. The van der Waals surface area contributed by atoms with E-state index >= 15 is 0 Å². The molecule has 3 N–H and O–H groups in total. The van der Waals surface area contributed by atoms with Gasteiger partial charge in [0.25, 0.3) is 0 Å². The number of aliphatic hydroxyl groups is 1. The second-order valence-electron chi connectivity index (χ2n) is 9.69. The minimum Gasteiger partial charge on any atom is -0.444 e. The molecule has 2 atom stereocenters. The van der Waals surface area contributed by atoms with E-state index in [1.807, 2.05) is 39.8 Å². The molecule has 3 amide bonds. The largest absolute Gasteiger partial charge is 0.444 e. The molecule has 0 saturated heterocycles. The molecule has 9 heteroatoms. The van der Waals surface area contributed by atoms with Gasteiger partial charge >= 0.3 is 6.09 Å². The number of amides is 3. The lowest BCUT2D eigenvalue weighted by Gasteiger charge is -2.35. The van der Waals surface area contributed by atoms with Crippen LogP contribution >= 0.6 is 12.6 Å². The Bertz CT molecular complexity index is 802. The summed E-state index contributed by atoms with van der Waals surface area (Å²) in [5, 5.41) is 15.1. The summed E-state index contributed by atoms with van der Waals surface area (Å²) in [6.45, 7) is 12.1. The standard InChI is InChI=1S/C23H37N3O5S/c1-15-9-8-10-16(13-15)18(19(28)25-22(2,3)4)26(11-12-27)20(29)17(14-32)24-21(30)31-23(5,6)7/h8-10,13,17-18,27,32H,11-12,14H2,1-7H3,(H,24,30)(H,25,28). The maximum Gasteiger partial charge on any atom is 0.408 e. The number of carbonyl (C=O) groups excluding carboxylic acids is 3. The lowest BCUT2D eigenvalue weighted by Crippen LogP contribution is -2.55. The van der Waals surface area contributed by atoms with Crippen LogP contribution in [0.15, 0.2) is 24.3 Å². The van der Waals surface area contributed by atoms with Crippen LogP contribution in [0, 0.1) is 6.92 Å². The number of rotatable bonds is 8. The summed E-state index contributed by atoms with van der Waals surface area (Å²) in [5.74, 6) is -0.947. The van der Waals surface area contributed by atoms with E-state index in [1.54, 1.807) is 32.9 Å². The monoisotopic (exact) mass is 467 g/mol. The maximum atomic E-state index is 13.5. The maximum absolute atomic E-state index is 13.5. The third kappa shape index (κ3) is 9.08. The summed E-state index contributed by atoms with van der Waals surface area (Å²) in [6.07, 6.45) is -0.764. The van der Waals surface area contributed by atoms with Crippen LogP contribution in [0.4, 0.5) is 4.79 Å². The predicted molar refractivity (Wildman–Crippen MR) is 128 cm³/mol. The van der Waals surface area contributed by atoms with E-state index < -0.39 is 35.2 Å². The number of alkyl carbamates (subject to hydrolysis) is 1. The fourth-order valence-corrected chi connectivity index (χ4v) is 3.31. The Morgan fingerprint density at radius 2 is 1.78 bits per heavy atom. The van der Waals surface area contributed by atoms with Crippen LogP contribution in [0.5, 0.6) is 0 Å². The summed E-state index contributed by atoms with van der Waals surface area (Å²) in [7, 11) is 0. The highest BCUT2D eigenvalue weighted by atomic mass is 32.1. The van der Waals surface area contributed by atoms with Crippen LogP contribution in [0.25, 0.3) is 0 Å². The first kappa shape index (κ1) is 27.8. The molecule has 1 aromatic carbocycles. The minimum absolute atomic E-state index is 0.0125. The second-order valence-corrected chi connectivity index (χ2v) is 10.1. The molecule has 0 heterocycles. The summed E-state index contributed by atoms with van der Waals surface area (Å²) >= 11 is 4.22. The molecule has 0 aliphatic heterocycles. The number of nitrogens with one attached hydrogen (secondary N) is 2. The molecule has 0 spiro atoms. The van der Waals surface area contributed by atoms with Gasteiger partial charge in [-0.3, -0.25) is 9.59 Å². The van der Waals surface area contributed by atoms with E-state index in [0.717, 1.165) is 5.56 Å². The molecule has 32 heavy (non-hydrogen) atoms. The number of nitrogens with zero attached hydrogens (tertiary/aromatic N) is 1. The summed E-state index contributed by atoms with van der Waals surface area (Å²) in [4.78, 5) is 40.3. The van der Waals surface area contributed by atoms with Crippen molar-refractivity contribution < 1.29 is 24.2 Å². The average Bonchev–Trinajstić information content (AvgIpc) is 2.62. The molecule has 1 rings (SSSR count). The number of hydrogen-bond donors (Lipinski definition) is 4. The molecule has 0 fully saturated rings. The van der Waals surface area contributed by atoms with Crippen LogP contribution in [0.1, 0.15) is 58.7 Å². The molecular formula is C23H37N3O5S. The van der Waals surface area contributed by atoms with Crippen molar-refractivity contribution >= 4 is 30.5 Å². The van der Waals surface area contributed by atoms with Gasteiger partial charge in [0.2, 0.25) is 11.8 Å². The zero-order chi connectivity index (χ0) is 24.7. The highest BCUT2D eigenvalue weighted by Gasteiger charge is 2.36. The van der Waals surface area contributed by atoms with Gasteiger partial charge in [0.15, 0.2) is 0 Å². The molecular weight excluding hydrogens is 430 g/mol. The van der Waals surface area contributed by atoms with Gasteiger partial charge in [-0.25, -0.2) is 4.79 Å². The topological polar surface area (TPSA) is 108 Å². The van der Waals surface area contributed by atoms with Gasteiger partial charge in [0.05, 0.1) is 6.61 Å². The van der Waals surface area contributed by atoms with Crippen molar-refractivity contribution in [2.45, 2.75) is 71.7 Å². The van der Waals surface area contributed by atoms with Crippen LogP contribution in [0.2, 0.25) is 0 Å². The number of aliphatic hydroxyl groups excluding tert-OH is 1. The Morgan fingerprint density at radius 3 is 2.25 bits per heavy atom. The Kier molecular flexibility index (Phi) is 10.0. The number of aryl methyl sites for hydroxylation is 1. The highest BCUT2D eigenvalue weighted by molar-refractivity contribution is 7.80. The molecule has 2 unspecified atom stereocenters. The van der Waals surface area contributed by atoms with Gasteiger partial charge in [0.1, 0.15) is 17.7 Å². The fourth-order valence-electron chi connectivity index (χ4n) is 3.06. The molecule has 1 aromatic rings. The van der Waals surface area contributed by atoms with Crippen LogP contribution < -0.4 is 10.6 Å². The van der Waals surface area contributed by atoms with Gasteiger partial charge in [-0.2, -0.15) is 12.6 Å². The molecule has 0 aliphatic carbocycles. The van der Waals surface area contributed by atoms with Crippen molar-refractivity contribution in [1.82, 2.24) is 15.5 Å². The Morgan fingerprint density at radius 1 is 1.16 bits per heavy atom. The zero-order valence-corrected chi connectivity index (χ0v) is 21.0. The van der Waals surface area contributed by atoms with Crippen molar-refractivity contribution in [2.24, 2.45) is 0 Å². The smallest absolute Gasteiger partial charge is 0.408 e. The molecule has 8 nitrogen and oxygen atoms in total. The van der Waals surface area contributed by atoms with E-state index in [9.17, 15) is 19.5 Å². The number of thiol groups is 1. The Hall–Kier alpha value is -2.26.